The predicted molar refractivity (Wildman–Crippen MR) is 68.2 cm³/mol. The van der Waals surface area contributed by atoms with Gasteiger partial charge in [0, 0.05) is 10.6 Å². The van der Waals surface area contributed by atoms with Gasteiger partial charge in [-0.05, 0) is 12.1 Å². The van der Waals surface area contributed by atoms with Gasteiger partial charge >= 0.3 is 0 Å². The lowest BCUT2D eigenvalue weighted by atomic mass is 10.1. The van der Waals surface area contributed by atoms with Gasteiger partial charge in [0.25, 0.3) is 11.7 Å². The number of carbonyl (C=O) groups excluding carboxylic acids is 2. The van der Waals surface area contributed by atoms with Crippen molar-refractivity contribution in [2.75, 3.05) is 17.7 Å². The van der Waals surface area contributed by atoms with Crippen LogP contribution in [0.4, 0.5) is 5.69 Å². The van der Waals surface area contributed by atoms with E-state index in [4.69, 9.17) is 16.7 Å². The van der Waals surface area contributed by atoms with Crippen LogP contribution < -0.4 is 5.32 Å². The number of anilines is 1. The highest BCUT2D eigenvalue weighted by Crippen LogP contribution is 2.35. The quantitative estimate of drug-likeness (QED) is 0.566. The third-order valence-electron chi connectivity index (χ3n) is 2.41. The molecule has 7 heteroatoms. The van der Waals surface area contributed by atoms with Crippen LogP contribution >= 0.6 is 23.4 Å². The molecule has 0 radical (unpaired) electrons. The minimum atomic E-state index is -0.837. The Balaban J connectivity index is 2.22. The zero-order valence-corrected chi connectivity index (χ0v) is 10.7. The number of hydrogen-bond acceptors (Lipinski definition) is 5. The van der Waals surface area contributed by atoms with Gasteiger partial charge in [-0.1, -0.05) is 11.6 Å². The van der Waals surface area contributed by atoms with E-state index in [2.05, 4.69) is 5.32 Å². The number of rotatable bonds is 4. The average Bonchev–Trinajstić information content (AvgIpc) is 2.62. The lowest BCUT2D eigenvalue weighted by Crippen LogP contribution is -2.14. The van der Waals surface area contributed by atoms with Gasteiger partial charge in [-0.15, -0.1) is 11.8 Å². The number of carbonyl (C=O) groups is 2. The van der Waals surface area contributed by atoms with Crippen molar-refractivity contribution < 1.29 is 19.8 Å². The standard InChI is InChI=1S/C11H10ClNO4S/c12-7-1-6-8(13-11(17)10(6)16)2-9(7)18-4-5(15)3-14/h1-2,5,14-15H,3-4H2,(H,13,16,17). The number of fused-ring (bicyclic) bond motifs is 1. The third-order valence-corrected chi connectivity index (χ3v) is 4.04. The maximum Gasteiger partial charge on any atom is 0.296 e. The van der Waals surface area contributed by atoms with E-state index in [0.29, 0.717) is 15.6 Å². The first kappa shape index (κ1) is 13.4. The second-order valence-corrected chi connectivity index (χ2v) is 5.23. The average molecular weight is 288 g/mol. The van der Waals surface area contributed by atoms with Crippen LogP contribution in [0.25, 0.3) is 0 Å². The molecule has 1 heterocycles. The number of Topliss-reactive ketones (excluding diaryl/α,β-unsaturated/α-hetero) is 1. The molecule has 0 saturated carbocycles. The van der Waals surface area contributed by atoms with Crippen molar-refractivity contribution in [3.8, 4) is 0 Å². The minimum absolute atomic E-state index is 0.261. The molecular formula is C11H10ClNO4S. The summed E-state index contributed by atoms with van der Waals surface area (Å²) in [6, 6.07) is 3.03. The summed E-state index contributed by atoms with van der Waals surface area (Å²) >= 11 is 7.23. The topological polar surface area (TPSA) is 86.6 Å². The number of nitrogens with one attached hydrogen (secondary N) is 1. The second kappa shape index (κ2) is 5.27. The van der Waals surface area contributed by atoms with Crippen LogP contribution in [-0.2, 0) is 4.79 Å². The minimum Gasteiger partial charge on any atom is -0.394 e. The Hall–Kier alpha value is -1.08. The maximum absolute atomic E-state index is 11.4. The van der Waals surface area contributed by atoms with Gasteiger partial charge in [-0.3, -0.25) is 9.59 Å². The van der Waals surface area contributed by atoms with Crippen molar-refractivity contribution in [2.24, 2.45) is 0 Å². The molecule has 2 rings (SSSR count). The predicted octanol–water partition coefficient (Wildman–Crippen LogP) is 0.920. The Morgan fingerprint density at radius 1 is 1.39 bits per heavy atom. The van der Waals surface area contributed by atoms with E-state index in [0.717, 1.165) is 0 Å². The van der Waals surface area contributed by atoms with Gasteiger partial charge in [0.1, 0.15) is 0 Å². The molecule has 0 fully saturated rings. The van der Waals surface area contributed by atoms with Crippen LogP contribution in [0.5, 0.6) is 0 Å². The lowest BCUT2D eigenvalue weighted by molar-refractivity contribution is -0.112. The van der Waals surface area contributed by atoms with Crippen molar-refractivity contribution >= 4 is 40.7 Å². The van der Waals surface area contributed by atoms with Gasteiger partial charge in [0.15, 0.2) is 0 Å². The number of thioether (sulfide) groups is 1. The molecule has 0 spiro atoms. The normalized spacial score (nSPS) is 15.5. The molecule has 5 nitrogen and oxygen atoms in total. The summed E-state index contributed by atoms with van der Waals surface area (Å²) in [4.78, 5) is 23.2. The van der Waals surface area contributed by atoms with E-state index < -0.39 is 17.8 Å². The van der Waals surface area contributed by atoms with Crippen LogP contribution in [0.2, 0.25) is 5.02 Å². The Morgan fingerprint density at radius 3 is 2.78 bits per heavy atom. The van der Waals surface area contributed by atoms with Crippen molar-refractivity contribution in [1.82, 2.24) is 0 Å². The smallest absolute Gasteiger partial charge is 0.296 e. The lowest BCUT2D eigenvalue weighted by Gasteiger charge is -2.09. The number of aliphatic hydroxyl groups excluding tert-OH is 2. The molecule has 0 saturated heterocycles. The molecule has 0 aromatic heterocycles. The van der Waals surface area contributed by atoms with Crippen molar-refractivity contribution in [1.29, 1.82) is 0 Å². The molecule has 1 aromatic carbocycles. The van der Waals surface area contributed by atoms with E-state index in [1.807, 2.05) is 0 Å². The number of amides is 1. The van der Waals surface area contributed by atoms with E-state index in [9.17, 15) is 14.7 Å². The van der Waals surface area contributed by atoms with E-state index in [1.54, 1.807) is 6.07 Å². The summed E-state index contributed by atoms with van der Waals surface area (Å²) < 4.78 is 0. The van der Waals surface area contributed by atoms with Gasteiger partial charge in [0.2, 0.25) is 0 Å². The Bertz CT molecular complexity index is 520. The van der Waals surface area contributed by atoms with Gasteiger partial charge in [0.05, 0.1) is 29.0 Å². The summed E-state index contributed by atoms with van der Waals surface area (Å²) in [6.45, 7) is -0.329. The Morgan fingerprint density at radius 2 is 2.11 bits per heavy atom. The van der Waals surface area contributed by atoms with Crippen LogP contribution in [-0.4, -0.2) is 40.4 Å². The van der Waals surface area contributed by atoms with E-state index in [1.165, 1.54) is 17.8 Å². The molecule has 1 amide bonds. The summed E-state index contributed by atoms with van der Waals surface area (Å²) in [5, 5.41) is 20.7. The third kappa shape index (κ3) is 2.51. The maximum atomic E-state index is 11.4. The fourth-order valence-electron chi connectivity index (χ4n) is 1.50. The first-order valence-corrected chi connectivity index (χ1v) is 6.50. The molecule has 1 aliphatic heterocycles. The zero-order valence-electron chi connectivity index (χ0n) is 9.14. The number of ketones is 1. The van der Waals surface area contributed by atoms with Crippen LogP contribution in [0.15, 0.2) is 17.0 Å². The number of benzene rings is 1. The van der Waals surface area contributed by atoms with E-state index in [-0.39, 0.29) is 17.9 Å². The summed E-state index contributed by atoms with van der Waals surface area (Å²) in [5.74, 6) is -0.992. The number of hydrogen-bond donors (Lipinski definition) is 3. The molecule has 18 heavy (non-hydrogen) atoms. The molecule has 1 unspecified atom stereocenters. The summed E-state index contributed by atoms with van der Waals surface area (Å²) in [5.41, 5.74) is 0.687. The van der Waals surface area contributed by atoms with Crippen LogP contribution in [0.3, 0.4) is 0 Å². The highest BCUT2D eigenvalue weighted by Gasteiger charge is 2.29. The summed E-state index contributed by atoms with van der Waals surface area (Å²) in [6.07, 6.45) is -0.837. The number of halogens is 1. The first-order chi connectivity index (χ1) is 8.52. The molecule has 1 atom stereocenters. The molecule has 0 aliphatic carbocycles. The Kier molecular flexibility index (Phi) is 3.91. The number of aliphatic hydroxyl groups is 2. The van der Waals surface area contributed by atoms with E-state index >= 15 is 0 Å². The van der Waals surface area contributed by atoms with Crippen LogP contribution in [0, 0.1) is 0 Å². The monoisotopic (exact) mass is 287 g/mol. The van der Waals surface area contributed by atoms with Crippen molar-refractivity contribution in [3.63, 3.8) is 0 Å². The molecule has 3 N–H and O–H groups in total. The molecule has 1 aromatic rings. The van der Waals surface area contributed by atoms with Gasteiger partial charge in [-0.25, -0.2) is 0 Å². The SMILES string of the molecule is O=C1Nc2cc(SCC(O)CO)c(Cl)cc2C1=O. The molecule has 96 valence electrons. The van der Waals surface area contributed by atoms with Crippen LogP contribution in [0.1, 0.15) is 10.4 Å². The molecule has 1 aliphatic rings. The van der Waals surface area contributed by atoms with Gasteiger partial charge < -0.3 is 15.5 Å². The Labute approximate surface area is 112 Å². The largest absolute Gasteiger partial charge is 0.394 e. The molecule has 0 bridgehead atoms. The highest BCUT2D eigenvalue weighted by molar-refractivity contribution is 7.99. The highest BCUT2D eigenvalue weighted by atomic mass is 35.5. The second-order valence-electron chi connectivity index (χ2n) is 3.76. The van der Waals surface area contributed by atoms with Gasteiger partial charge in [-0.2, -0.15) is 0 Å². The van der Waals surface area contributed by atoms with Crippen molar-refractivity contribution in [3.05, 3.63) is 22.7 Å². The van der Waals surface area contributed by atoms with Crippen molar-refractivity contribution in [2.45, 2.75) is 11.0 Å². The molecular weight excluding hydrogens is 278 g/mol. The zero-order chi connectivity index (χ0) is 13.3. The fourth-order valence-corrected chi connectivity index (χ4v) is 2.70. The summed E-state index contributed by atoms with van der Waals surface area (Å²) in [7, 11) is 0. The fraction of sp³-hybridized carbons (Fsp3) is 0.273. The first-order valence-electron chi connectivity index (χ1n) is 5.14.